The Hall–Kier alpha value is -2.63. The second-order valence-electron chi connectivity index (χ2n) is 10.8. The molecule has 1 aliphatic carbocycles. The maximum atomic E-state index is 13.7. The van der Waals surface area contributed by atoms with Gasteiger partial charge >= 0.3 is 0 Å². The lowest BCUT2D eigenvalue weighted by molar-refractivity contribution is -0.139. The molecule has 1 aromatic rings. The average molecular weight is 482 g/mol. The lowest BCUT2D eigenvalue weighted by Gasteiger charge is -2.38. The SMILES string of the molecule is CC1=C(C(=O)N(C(C)C)C(C)C)CC(CC(=O)NCC2CCCCC2)C(=O)N1Cc1ccccc1. The summed E-state index contributed by atoms with van der Waals surface area (Å²) in [6.07, 6.45) is 6.49. The summed E-state index contributed by atoms with van der Waals surface area (Å²) in [7, 11) is 0. The molecule has 1 N–H and O–H groups in total. The Morgan fingerprint density at radius 3 is 2.26 bits per heavy atom. The molecule has 2 aliphatic rings. The lowest BCUT2D eigenvalue weighted by Crippen LogP contribution is -2.47. The molecule has 3 rings (SSSR count). The van der Waals surface area contributed by atoms with Crippen LogP contribution in [0.1, 0.15) is 85.1 Å². The van der Waals surface area contributed by atoms with E-state index >= 15 is 0 Å². The maximum absolute atomic E-state index is 13.7. The van der Waals surface area contributed by atoms with Crippen molar-refractivity contribution in [2.75, 3.05) is 6.54 Å². The van der Waals surface area contributed by atoms with E-state index in [0.29, 0.717) is 36.7 Å². The fourth-order valence-electron chi connectivity index (χ4n) is 5.56. The summed E-state index contributed by atoms with van der Waals surface area (Å²) < 4.78 is 0. The van der Waals surface area contributed by atoms with Gasteiger partial charge < -0.3 is 15.1 Å². The Kier molecular flexibility index (Phi) is 9.53. The first-order valence-corrected chi connectivity index (χ1v) is 13.3. The highest BCUT2D eigenvalue weighted by Crippen LogP contribution is 2.33. The van der Waals surface area contributed by atoms with E-state index in [9.17, 15) is 14.4 Å². The minimum Gasteiger partial charge on any atom is -0.356 e. The summed E-state index contributed by atoms with van der Waals surface area (Å²) in [6, 6.07) is 9.89. The monoisotopic (exact) mass is 481 g/mol. The van der Waals surface area contributed by atoms with Crippen LogP contribution in [-0.2, 0) is 20.9 Å². The first-order chi connectivity index (χ1) is 16.7. The first-order valence-electron chi connectivity index (χ1n) is 13.3. The van der Waals surface area contributed by atoms with Crippen LogP contribution in [-0.4, -0.2) is 46.1 Å². The van der Waals surface area contributed by atoms with Crippen LogP contribution in [0.3, 0.4) is 0 Å². The van der Waals surface area contributed by atoms with Gasteiger partial charge in [0.15, 0.2) is 0 Å². The minimum absolute atomic E-state index is 0.0364. The molecule has 6 nitrogen and oxygen atoms in total. The maximum Gasteiger partial charge on any atom is 0.252 e. The zero-order valence-corrected chi connectivity index (χ0v) is 22.2. The van der Waals surface area contributed by atoms with E-state index in [1.54, 1.807) is 4.90 Å². The molecule has 0 spiro atoms. The molecule has 6 heteroatoms. The lowest BCUT2D eigenvalue weighted by atomic mass is 9.87. The van der Waals surface area contributed by atoms with Gasteiger partial charge in [-0.25, -0.2) is 0 Å². The highest BCUT2D eigenvalue weighted by atomic mass is 16.2. The second kappa shape index (κ2) is 12.4. The van der Waals surface area contributed by atoms with Gasteiger partial charge in [0.2, 0.25) is 11.8 Å². The third-order valence-corrected chi connectivity index (χ3v) is 7.44. The fourth-order valence-corrected chi connectivity index (χ4v) is 5.56. The molecule has 1 saturated carbocycles. The molecule has 0 aromatic heterocycles. The molecule has 0 saturated heterocycles. The van der Waals surface area contributed by atoms with Gasteiger partial charge in [-0.1, -0.05) is 49.6 Å². The van der Waals surface area contributed by atoms with Crippen molar-refractivity contribution < 1.29 is 14.4 Å². The van der Waals surface area contributed by atoms with Crippen LogP contribution in [0.4, 0.5) is 0 Å². The van der Waals surface area contributed by atoms with Gasteiger partial charge in [0.1, 0.15) is 0 Å². The summed E-state index contributed by atoms with van der Waals surface area (Å²) in [6.45, 7) is 11.0. The molecule has 192 valence electrons. The third-order valence-electron chi connectivity index (χ3n) is 7.44. The van der Waals surface area contributed by atoms with E-state index < -0.39 is 5.92 Å². The van der Waals surface area contributed by atoms with E-state index in [1.165, 1.54) is 19.3 Å². The molecule has 0 bridgehead atoms. The van der Waals surface area contributed by atoms with Gasteiger partial charge in [0, 0.05) is 36.3 Å². The minimum atomic E-state index is -0.533. The van der Waals surface area contributed by atoms with E-state index in [-0.39, 0.29) is 36.2 Å². The summed E-state index contributed by atoms with van der Waals surface area (Å²) in [5.41, 5.74) is 2.35. The Labute approximate surface area is 211 Å². The second-order valence-corrected chi connectivity index (χ2v) is 10.8. The van der Waals surface area contributed by atoms with Crippen LogP contribution >= 0.6 is 0 Å². The number of nitrogens with one attached hydrogen (secondary N) is 1. The molecule has 35 heavy (non-hydrogen) atoms. The predicted molar refractivity (Wildman–Crippen MR) is 139 cm³/mol. The number of nitrogens with zero attached hydrogens (tertiary/aromatic N) is 2. The Bertz CT molecular complexity index is 908. The first kappa shape index (κ1) is 27.0. The molecule has 1 atom stereocenters. The Morgan fingerprint density at radius 2 is 1.66 bits per heavy atom. The van der Waals surface area contributed by atoms with Crippen LogP contribution in [0.5, 0.6) is 0 Å². The van der Waals surface area contributed by atoms with Crippen LogP contribution in [0.2, 0.25) is 0 Å². The van der Waals surface area contributed by atoms with Crippen molar-refractivity contribution in [1.29, 1.82) is 0 Å². The fraction of sp³-hybridized carbons (Fsp3) is 0.621. The molecule has 0 radical (unpaired) electrons. The van der Waals surface area contributed by atoms with Gasteiger partial charge in [0.25, 0.3) is 5.91 Å². The van der Waals surface area contributed by atoms with E-state index in [0.717, 1.165) is 18.4 Å². The number of amides is 3. The van der Waals surface area contributed by atoms with Crippen LogP contribution < -0.4 is 5.32 Å². The molecule has 3 amide bonds. The summed E-state index contributed by atoms with van der Waals surface area (Å²) in [4.78, 5) is 43.7. The van der Waals surface area contributed by atoms with Gasteiger partial charge in [-0.15, -0.1) is 0 Å². The molecule has 1 heterocycles. The number of allylic oxidation sites excluding steroid dienone is 1. The van der Waals surface area contributed by atoms with Crippen molar-refractivity contribution in [3.8, 4) is 0 Å². The van der Waals surface area contributed by atoms with Crippen LogP contribution in [0, 0.1) is 11.8 Å². The van der Waals surface area contributed by atoms with Gasteiger partial charge in [-0.2, -0.15) is 0 Å². The number of hydrogen-bond donors (Lipinski definition) is 1. The van der Waals surface area contributed by atoms with E-state index in [4.69, 9.17) is 0 Å². The van der Waals surface area contributed by atoms with Crippen LogP contribution in [0.15, 0.2) is 41.6 Å². The Balaban J connectivity index is 1.81. The van der Waals surface area contributed by atoms with Gasteiger partial charge in [-0.3, -0.25) is 14.4 Å². The van der Waals surface area contributed by atoms with Gasteiger partial charge in [0.05, 0.1) is 12.5 Å². The number of benzene rings is 1. The molecular formula is C29H43N3O3. The standard InChI is InChI=1S/C29H43N3O3/c1-20(2)32(21(3)4)29(35)26-16-25(17-27(33)30-18-23-12-8-6-9-13-23)28(34)31(22(26)5)19-24-14-10-7-11-15-24/h7,10-11,14-15,20-21,23,25H,6,8-9,12-13,16-19H2,1-5H3,(H,30,33). The highest BCUT2D eigenvalue weighted by Gasteiger charge is 2.38. The topological polar surface area (TPSA) is 69.7 Å². The number of rotatable bonds is 9. The number of carbonyl (C=O) groups excluding carboxylic acids is 3. The van der Waals surface area contributed by atoms with Crippen molar-refractivity contribution in [2.45, 2.75) is 98.2 Å². The molecule has 1 aliphatic heterocycles. The molecule has 1 unspecified atom stereocenters. The largest absolute Gasteiger partial charge is 0.356 e. The summed E-state index contributed by atoms with van der Waals surface area (Å²) >= 11 is 0. The average Bonchev–Trinajstić information content (AvgIpc) is 2.83. The molecule has 1 aromatic carbocycles. The quantitative estimate of drug-likeness (QED) is 0.537. The van der Waals surface area contributed by atoms with Crippen LogP contribution in [0.25, 0.3) is 0 Å². The number of carbonyl (C=O) groups is 3. The van der Waals surface area contributed by atoms with Crippen molar-refractivity contribution in [2.24, 2.45) is 11.8 Å². The smallest absolute Gasteiger partial charge is 0.252 e. The Morgan fingerprint density at radius 1 is 1.03 bits per heavy atom. The summed E-state index contributed by atoms with van der Waals surface area (Å²) in [5, 5.41) is 3.08. The van der Waals surface area contributed by atoms with Crippen molar-refractivity contribution in [3.05, 3.63) is 47.2 Å². The van der Waals surface area contributed by atoms with Crippen molar-refractivity contribution in [3.63, 3.8) is 0 Å². The van der Waals surface area contributed by atoms with Gasteiger partial charge in [-0.05, 0) is 65.4 Å². The highest BCUT2D eigenvalue weighted by molar-refractivity contribution is 5.98. The summed E-state index contributed by atoms with van der Waals surface area (Å²) in [5.74, 6) is -0.199. The molecule has 1 fully saturated rings. The van der Waals surface area contributed by atoms with Crippen molar-refractivity contribution >= 4 is 17.7 Å². The van der Waals surface area contributed by atoms with E-state index in [1.807, 2.05) is 69.9 Å². The number of hydrogen-bond acceptors (Lipinski definition) is 3. The third kappa shape index (κ3) is 6.96. The van der Waals surface area contributed by atoms with E-state index in [2.05, 4.69) is 5.32 Å². The molecular weight excluding hydrogens is 438 g/mol. The van der Waals surface area contributed by atoms with Crippen molar-refractivity contribution in [1.82, 2.24) is 15.1 Å². The zero-order chi connectivity index (χ0) is 25.5. The normalized spacial score (nSPS) is 19.5. The zero-order valence-electron chi connectivity index (χ0n) is 22.2. The predicted octanol–water partition coefficient (Wildman–Crippen LogP) is 5.04.